The highest BCUT2D eigenvalue weighted by Gasteiger charge is 2.13. The molecule has 4 rings (SSSR count). The minimum Gasteiger partial charge on any atom is -0.497 e. The molecule has 0 unspecified atom stereocenters. The summed E-state index contributed by atoms with van der Waals surface area (Å²) in [5.41, 5.74) is 1.83. The van der Waals surface area contributed by atoms with Crippen LogP contribution in [0.2, 0.25) is 0 Å². The summed E-state index contributed by atoms with van der Waals surface area (Å²) in [6.45, 7) is 3.96. The first-order valence-electron chi connectivity index (χ1n) is 8.40. The van der Waals surface area contributed by atoms with Crippen molar-refractivity contribution in [1.29, 1.82) is 0 Å². The van der Waals surface area contributed by atoms with Gasteiger partial charge >= 0.3 is 0 Å². The van der Waals surface area contributed by atoms with E-state index in [4.69, 9.17) is 4.74 Å². The van der Waals surface area contributed by atoms with Crippen molar-refractivity contribution in [1.82, 2.24) is 20.2 Å². The second kappa shape index (κ2) is 7.90. The Morgan fingerprint density at radius 3 is 2.71 bits per heavy atom. The fourth-order valence-electron chi connectivity index (χ4n) is 2.61. The summed E-state index contributed by atoms with van der Waals surface area (Å²) in [5, 5.41) is 13.0. The molecule has 0 saturated carbocycles. The number of fused-ring (bicyclic) bond motifs is 1. The summed E-state index contributed by atoms with van der Waals surface area (Å²) in [4.78, 5) is 21.7. The van der Waals surface area contributed by atoms with Crippen LogP contribution in [0.3, 0.4) is 0 Å². The van der Waals surface area contributed by atoms with Crippen molar-refractivity contribution >= 4 is 55.5 Å². The highest BCUT2D eigenvalue weighted by molar-refractivity contribution is 8.00. The first-order chi connectivity index (χ1) is 13.5. The number of methoxy groups -OCH3 is 1. The van der Waals surface area contributed by atoms with E-state index in [0.29, 0.717) is 22.1 Å². The lowest BCUT2D eigenvalue weighted by Gasteiger charge is -2.03. The van der Waals surface area contributed by atoms with Crippen LogP contribution < -0.4 is 15.6 Å². The van der Waals surface area contributed by atoms with E-state index in [2.05, 4.69) is 25.5 Å². The second-order valence-corrected chi connectivity index (χ2v) is 9.39. The lowest BCUT2D eigenvalue weighted by atomic mass is 10.2. The fourth-order valence-corrected chi connectivity index (χ4v) is 5.31. The molecule has 28 heavy (non-hydrogen) atoms. The normalized spacial score (nSPS) is 11.1. The molecule has 0 spiro atoms. The van der Waals surface area contributed by atoms with Gasteiger partial charge in [-0.1, -0.05) is 23.1 Å². The SMILES string of the molecule is COc1ccc(Nc2nnc(SCc3nc4sc(C)c(C)c4c(=O)[nH]3)s2)cc1. The quantitative estimate of drug-likeness (QED) is 0.434. The van der Waals surface area contributed by atoms with Gasteiger partial charge in [-0.3, -0.25) is 4.79 Å². The number of aryl methyl sites for hydroxylation is 2. The molecule has 0 aliphatic heterocycles. The molecular formula is C18H17N5O2S3. The molecule has 3 aromatic heterocycles. The van der Waals surface area contributed by atoms with Gasteiger partial charge in [0.2, 0.25) is 5.13 Å². The first kappa shape index (κ1) is 18.9. The number of H-pyrrole nitrogens is 1. The molecule has 2 N–H and O–H groups in total. The molecule has 0 fully saturated rings. The third-order valence-electron chi connectivity index (χ3n) is 4.17. The number of thiophene rings is 1. The molecular weight excluding hydrogens is 414 g/mol. The Hall–Kier alpha value is -2.43. The third-order valence-corrected chi connectivity index (χ3v) is 7.25. The van der Waals surface area contributed by atoms with Gasteiger partial charge in [0.25, 0.3) is 5.56 Å². The van der Waals surface area contributed by atoms with Crippen molar-refractivity contribution in [2.75, 3.05) is 12.4 Å². The molecule has 144 valence electrons. The van der Waals surface area contributed by atoms with E-state index in [-0.39, 0.29) is 5.56 Å². The maximum Gasteiger partial charge on any atom is 0.259 e. The first-order valence-corrected chi connectivity index (χ1v) is 11.0. The van der Waals surface area contributed by atoms with Crippen molar-refractivity contribution in [3.63, 3.8) is 0 Å². The summed E-state index contributed by atoms with van der Waals surface area (Å²) in [6.07, 6.45) is 0. The molecule has 0 aliphatic rings. The molecule has 0 bridgehead atoms. The van der Waals surface area contributed by atoms with Gasteiger partial charge in [0.1, 0.15) is 16.4 Å². The van der Waals surface area contributed by atoms with Crippen molar-refractivity contribution in [2.24, 2.45) is 0 Å². The van der Waals surface area contributed by atoms with Crippen LogP contribution in [0.4, 0.5) is 10.8 Å². The predicted molar refractivity (Wildman–Crippen MR) is 115 cm³/mol. The molecule has 0 saturated heterocycles. The Kier molecular flexibility index (Phi) is 5.33. The van der Waals surface area contributed by atoms with E-state index < -0.39 is 0 Å². The maximum absolute atomic E-state index is 12.4. The van der Waals surface area contributed by atoms with Gasteiger partial charge in [-0.2, -0.15) is 0 Å². The smallest absolute Gasteiger partial charge is 0.259 e. The van der Waals surface area contributed by atoms with Gasteiger partial charge in [-0.05, 0) is 43.7 Å². The van der Waals surface area contributed by atoms with Gasteiger partial charge in [-0.25, -0.2) is 4.98 Å². The Morgan fingerprint density at radius 2 is 1.96 bits per heavy atom. The van der Waals surface area contributed by atoms with Crippen molar-refractivity contribution in [3.05, 3.63) is 50.9 Å². The molecule has 4 aromatic rings. The Bertz CT molecular complexity index is 1180. The maximum atomic E-state index is 12.4. The lowest BCUT2D eigenvalue weighted by molar-refractivity contribution is 0.415. The number of benzene rings is 1. The zero-order chi connectivity index (χ0) is 19.7. The van der Waals surface area contributed by atoms with E-state index in [9.17, 15) is 4.79 Å². The Morgan fingerprint density at radius 1 is 1.18 bits per heavy atom. The van der Waals surface area contributed by atoms with Crippen LogP contribution in [-0.2, 0) is 5.75 Å². The van der Waals surface area contributed by atoms with Gasteiger partial charge in [0, 0.05) is 10.6 Å². The number of aromatic nitrogens is 4. The third kappa shape index (κ3) is 3.89. The van der Waals surface area contributed by atoms with Crippen LogP contribution in [0.15, 0.2) is 33.4 Å². The predicted octanol–water partition coefficient (Wildman–Crippen LogP) is 4.50. The number of nitrogens with one attached hydrogen (secondary N) is 2. The van der Waals surface area contributed by atoms with Crippen molar-refractivity contribution in [2.45, 2.75) is 23.9 Å². The summed E-state index contributed by atoms with van der Waals surface area (Å²) in [6, 6.07) is 7.60. The summed E-state index contributed by atoms with van der Waals surface area (Å²) in [5.74, 6) is 1.97. The summed E-state index contributed by atoms with van der Waals surface area (Å²) < 4.78 is 5.96. The molecule has 10 heteroatoms. The van der Waals surface area contributed by atoms with E-state index in [1.807, 2.05) is 38.1 Å². The average molecular weight is 432 g/mol. The molecule has 0 aliphatic carbocycles. The number of anilines is 2. The van der Waals surface area contributed by atoms with E-state index in [1.54, 1.807) is 18.4 Å². The fraction of sp³-hybridized carbons (Fsp3) is 0.222. The number of nitrogens with zero attached hydrogens (tertiary/aromatic N) is 3. The average Bonchev–Trinajstić information content (AvgIpc) is 3.25. The Labute approximate surface area is 173 Å². The van der Waals surface area contributed by atoms with Crippen LogP contribution in [0.1, 0.15) is 16.3 Å². The topological polar surface area (TPSA) is 92.8 Å². The highest BCUT2D eigenvalue weighted by atomic mass is 32.2. The number of thioether (sulfide) groups is 1. The Balaban J connectivity index is 1.44. The number of ether oxygens (including phenoxy) is 1. The lowest BCUT2D eigenvalue weighted by Crippen LogP contribution is -2.10. The molecule has 0 atom stereocenters. The largest absolute Gasteiger partial charge is 0.497 e. The van der Waals surface area contributed by atoms with Crippen LogP contribution in [0.5, 0.6) is 5.75 Å². The van der Waals surface area contributed by atoms with Crippen LogP contribution in [0, 0.1) is 13.8 Å². The summed E-state index contributed by atoms with van der Waals surface area (Å²) >= 11 is 4.50. The molecule has 7 nitrogen and oxygen atoms in total. The highest BCUT2D eigenvalue weighted by Crippen LogP contribution is 2.31. The van der Waals surface area contributed by atoms with E-state index >= 15 is 0 Å². The number of aromatic amines is 1. The van der Waals surface area contributed by atoms with Gasteiger partial charge in [-0.15, -0.1) is 21.5 Å². The molecule has 0 amide bonds. The van der Waals surface area contributed by atoms with Crippen molar-refractivity contribution in [3.8, 4) is 5.75 Å². The zero-order valence-corrected chi connectivity index (χ0v) is 17.8. The van der Waals surface area contributed by atoms with Crippen LogP contribution >= 0.6 is 34.4 Å². The molecule has 3 heterocycles. The van der Waals surface area contributed by atoms with Crippen LogP contribution in [0.25, 0.3) is 10.2 Å². The monoisotopic (exact) mass is 431 g/mol. The van der Waals surface area contributed by atoms with Gasteiger partial charge in [0.15, 0.2) is 4.34 Å². The minimum absolute atomic E-state index is 0.0819. The van der Waals surface area contributed by atoms with E-state index in [0.717, 1.165) is 31.0 Å². The number of hydrogen-bond donors (Lipinski definition) is 2. The number of hydrogen-bond acceptors (Lipinski definition) is 9. The second-order valence-electron chi connectivity index (χ2n) is 5.99. The molecule has 0 radical (unpaired) electrons. The van der Waals surface area contributed by atoms with Crippen molar-refractivity contribution < 1.29 is 4.74 Å². The molecule has 1 aromatic carbocycles. The van der Waals surface area contributed by atoms with Crippen LogP contribution in [-0.4, -0.2) is 27.3 Å². The van der Waals surface area contributed by atoms with E-state index in [1.165, 1.54) is 23.1 Å². The standard InChI is InChI=1S/C18H17N5O2S3/c1-9-10(2)27-16-14(9)15(24)20-13(21-16)8-26-18-23-22-17(28-18)19-11-4-6-12(25-3)7-5-11/h4-7H,8H2,1-3H3,(H,19,22)(H,20,21,24). The minimum atomic E-state index is -0.0819. The zero-order valence-electron chi connectivity index (χ0n) is 15.4. The summed E-state index contributed by atoms with van der Waals surface area (Å²) in [7, 11) is 1.64. The number of rotatable bonds is 6. The van der Waals surface area contributed by atoms with Gasteiger partial charge in [0.05, 0.1) is 18.2 Å². The van der Waals surface area contributed by atoms with Gasteiger partial charge < -0.3 is 15.0 Å².